The first kappa shape index (κ1) is 29.0. The lowest BCUT2D eigenvalue weighted by molar-refractivity contribution is 0.429. The molecule has 0 aliphatic carbocycles. The first-order valence-corrected chi connectivity index (χ1v) is 14.2. The fraction of sp³-hybridized carbons (Fsp3) is 1.00. The van der Waals surface area contributed by atoms with Crippen LogP contribution in [0.25, 0.3) is 0 Å². The second kappa shape index (κ2) is 24.3. The Bertz CT molecular complexity index is 254. The molecule has 0 fully saturated rings. The van der Waals surface area contributed by atoms with Crippen LogP contribution >= 0.6 is 0 Å². The number of rotatable bonds is 24. The molecule has 0 nitrogen and oxygen atoms in total. The molecule has 0 heteroatoms. The van der Waals surface area contributed by atoms with Crippen molar-refractivity contribution in [3.05, 3.63) is 0 Å². The number of hydrogen-bond donors (Lipinski definition) is 0. The highest BCUT2D eigenvalue weighted by Crippen LogP contribution is 2.20. The van der Waals surface area contributed by atoms with Crippen LogP contribution in [0.2, 0.25) is 0 Å². The van der Waals surface area contributed by atoms with Crippen molar-refractivity contribution in [3.8, 4) is 0 Å². The summed E-state index contributed by atoms with van der Waals surface area (Å²) in [7, 11) is 0. The molecule has 176 valence electrons. The normalized spacial score (nSPS) is 13.7. The van der Waals surface area contributed by atoms with Crippen LogP contribution in [0.4, 0.5) is 0 Å². The SMILES string of the molecule is CCCCCCC(C)CCCCCCCCCCCCCC(C)CCCCCC. The van der Waals surface area contributed by atoms with Crippen molar-refractivity contribution in [2.24, 2.45) is 11.8 Å². The zero-order chi connectivity index (χ0) is 21.4. The van der Waals surface area contributed by atoms with Gasteiger partial charge in [0.2, 0.25) is 0 Å². The third-order valence-electron chi connectivity index (χ3n) is 6.99. The topological polar surface area (TPSA) is 0 Å². The molecular formula is C29H60. The van der Waals surface area contributed by atoms with Gasteiger partial charge < -0.3 is 0 Å². The Morgan fingerprint density at radius 1 is 0.310 bits per heavy atom. The van der Waals surface area contributed by atoms with E-state index >= 15 is 0 Å². The van der Waals surface area contributed by atoms with Crippen LogP contribution in [0.15, 0.2) is 0 Å². The monoisotopic (exact) mass is 408 g/mol. The molecule has 0 saturated heterocycles. The largest absolute Gasteiger partial charge is 0.0654 e. The Kier molecular flexibility index (Phi) is 24.3. The Morgan fingerprint density at radius 3 is 0.759 bits per heavy atom. The van der Waals surface area contributed by atoms with Crippen LogP contribution in [-0.4, -0.2) is 0 Å². The van der Waals surface area contributed by atoms with E-state index in [4.69, 9.17) is 0 Å². The molecule has 0 aromatic rings. The van der Waals surface area contributed by atoms with Gasteiger partial charge in [0.15, 0.2) is 0 Å². The summed E-state index contributed by atoms with van der Waals surface area (Å²) in [6, 6.07) is 0. The average Bonchev–Trinajstić information content (AvgIpc) is 2.72. The van der Waals surface area contributed by atoms with E-state index in [0.717, 1.165) is 11.8 Å². The van der Waals surface area contributed by atoms with Crippen LogP contribution < -0.4 is 0 Å². The lowest BCUT2D eigenvalue weighted by Gasteiger charge is -2.11. The molecular weight excluding hydrogens is 348 g/mol. The summed E-state index contributed by atoms with van der Waals surface area (Å²) in [6.07, 6.45) is 33.7. The highest BCUT2D eigenvalue weighted by Gasteiger charge is 2.03. The highest BCUT2D eigenvalue weighted by molar-refractivity contribution is 4.57. The fourth-order valence-corrected chi connectivity index (χ4v) is 4.70. The third kappa shape index (κ3) is 24.1. The smallest absolute Gasteiger partial charge is 0.0443 e. The fourth-order valence-electron chi connectivity index (χ4n) is 4.70. The molecule has 2 unspecified atom stereocenters. The second-order valence-electron chi connectivity index (χ2n) is 10.4. The Labute approximate surface area is 187 Å². The summed E-state index contributed by atoms with van der Waals surface area (Å²) >= 11 is 0. The molecule has 0 spiro atoms. The van der Waals surface area contributed by atoms with E-state index < -0.39 is 0 Å². The van der Waals surface area contributed by atoms with Crippen LogP contribution in [0.1, 0.15) is 175 Å². The Balaban J connectivity index is 3.16. The van der Waals surface area contributed by atoms with Gasteiger partial charge in [-0.1, -0.05) is 175 Å². The minimum absolute atomic E-state index is 0.968. The lowest BCUT2D eigenvalue weighted by atomic mass is 9.95. The van der Waals surface area contributed by atoms with Crippen molar-refractivity contribution < 1.29 is 0 Å². The highest BCUT2D eigenvalue weighted by atomic mass is 14.1. The van der Waals surface area contributed by atoms with Gasteiger partial charge in [-0.05, 0) is 11.8 Å². The molecule has 0 aliphatic heterocycles. The van der Waals surface area contributed by atoms with Crippen molar-refractivity contribution >= 4 is 0 Å². The first-order valence-electron chi connectivity index (χ1n) is 14.2. The predicted octanol–water partition coefficient (Wildman–Crippen LogP) is 11.3. The molecule has 0 amide bonds. The van der Waals surface area contributed by atoms with Crippen molar-refractivity contribution in [1.29, 1.82) is 0 Å². The minimum Gasteiger partial charge on any atom is -0.0654 e. The van der Waals surface area contributed by atoms with Crippen molar-refractivity contribution in [2.45, 2.75) is 175 Å². The minimum atomic E-state index is 0.968. The van der Waals surface area contributed by atoms with Gasteiger partial charge in [0.05, 0.1) is 0 Å². The van der Waals surface area contributed by atoms with Gasteiger partial charge in [-0.25, -0.2) is 0 Å². The molecule has 0 N–H and O–H groups in total. The molecule has 0 aromatic heterocycles. The zero-order valence-corrected chi connectivity index (χ0v) is 21.4. The lowest BCUT2D eigenvalue weighted by Crippen LogP contribution is -1.95. The standard InChI is InChI=1S/C29H60/c1-5-7-9-20-24-28(3)26-22-18-16-14-12-11-13-15-17-19-23-27-29(4)25-21-10-8-6-2/h28-29H,5-27H2,1-4H3. The van der Waals surface area contributed by atoms with Gasteiger partial charge in [0.25, 0.3) is 0 Å². The van der Waals surface area contributed by atoms with E-state index in [1.54, 1.807) is 0 Å². The molecule has 29 heavy (non-hydrogen) atoms. The Morgan fingerprint density at radius 2 is 0.517 bits per heavy atom. The number of unbranched alkanes of at least 4 members (excludes halogenated alkanes) is 16. The van der Waals surface area contributed by atoms with E-state index in [2.05, 4.69) is 27.7 Å². The van der Waals surface area contributed by atoms with Gasteiger partial charge in [0, 0.05) is 0 Å². The molecule has 0 radical (unpaired) electrons. The van der Waals surface area contributed by atoms with Gasteiger partial charge in [0.1, 0.15) is 0 Å². The van der Waals surface area contributed by atoms with Crippen molar-refractivity contribution in [1.82, 2.24) is 0 Å². The van der Waals surface area contributed by atoms with Crippen molar-refractivity contribution in [2.75, 3.05) is 0 Å². The van der Waals surface area contributed by atoms with Gasteiger partial charge >= 0.3 is 0 Å². The molecule has 2 atom stereocenters. The van der Waals surface area contributed by atoms with Gasteiger partial charge in [-0.2, -0.15) is 0 Å². The van der Waals surface area contributed by atoms with Crippen LogP contribution in [-0.2, 0) is 0 Å². The van der Waals surface area contributed by atoms with E-state index in [1.807, 2.05) is 0 Å². The molecule has 0 saturated carbocycles. The molecule has 0 aliphatic rings. The van der Waals surface area contributed by atoms with Crippen molar-refractivity contribution in [3.63, 3.8) is 0 Å². The van der Waals surface area contributed by atoms with E-state index in [9.17, 15) is 0 Å². The van der Waals surface area contributed by atoms with Gasteiger partial charge in [-0.3, -0.25) is 0 Å². The van der Waals surface area contributed by atoms with Crippen LogP contribution in [0.5, 0.6) is 0 Å². The van der Waals surface area contributed by atoms with E-state index in [1.165, 1.54) is 148 Å². The van der Waals surface area contributed by atoms with E-state index in [0.29, 0.717) is 0 Å². The first-order chi connectivity index (χ1) is 14.2. The maximum atomic E-state index is 2.47. The maximum Gasteiger partial charge on any atom is -0.0443 e. The summed E-state index contributed by atoms with van der Waals surface area (Å²) in [5.74, 6) is 1.94. The molecule has 0 rings (SSSR count). The average molecular weight is 409 g/mol. The summed E-state index contributed by atoms with van der Waals surface area (Å²) in [6.45, 7) is 9.56. The van der Waals surface area contributed by atoms with E-state index in [-0.39, 0.29) is 0 Å². The molecule has 0 heterocycles. The summed E-state index contributed by atoms with van der Waals surface area (Å²) in [5, 5.41) is 0. The van der Waals surface area contributed by atoms with Gasteiger partial charge in [-0.15, -0.1) is 0 Å². The van der Waals surface area contributed by atoms with Crippen LogP contribution in [0.3, 0.4) is 0 Å². The summed E-state index contributed by atoms with van der Waals surface area (Å²) in [4.78, 5) is 0. The Hall–Kier alpha value is 0. The van der Waals surface area contributed by atoms with Crippen LogP contribution in [0, 0.1) is 11.8 Å². The third-order valence-corrected chi connectivity index (χ3v) is 6.99. The second-order valence-corrected chi connectivity index (χ2v) is 10.4. The maximum absolute atomic E-state index is 2.47. The predicted molar refractivity (Wildman–Crippen MR) is 136 cm³/mol. The quantitative estimate of drug-likeness (QED) is 0.139. The molecule has 0 bridgehead atoms. The summed E-state index contributed by atoms with van der Waals surface area (Å²) < 4.78 is 0. The summed E-state index contributed by atoms with van der Waals surface area (Å²) in [5.41, 5.74) is 0. The molecule has 0 aromatic carbocycles. The zero-order valence-electron chi connectivity index (χ0n) is 21.4. The number of hydrogen-bond acceptors (Lipinski definition) is 0.